The highest BCUT2D eigenvalue weighted by atomic mass is 35.5. The van der Waals surface area contributed by atoms with Crippen molar-refractivity contribution in [1.82, 2.24) is 19.7 Å². The lowest BCUT2D eigenvalue weighted by Crippen LogP contribution is -2.05. The van der Waals surface area contributed by atoms with E-state index in [9.17, 15) is 0 Å². The molecule has 4 aromatic rings. The molecule has 4 rings (SSSR count). The number of aromatic nitrogens is 4. The molecule has 3 aromatic heterocycles. The van der Waals surface area contributed by atoms with E-state index < -0.39 is 0 Å². The standard InChI is InChI=1S/C20H19ClN4OS3/c1-26-10-5-9-25-18(15-6-2-3-7-16(15)21)23-24-20(25)29-13-14-12-28-19(22-14)17-8-4-11-27-17/h2-4,6-8,11-12H,5,9-10,13H2,1H3. The molecule has 0 atom stereocenters. The molecule has 0 aliphatic heterocycles. The van der Waals surface area contributed by atoms with Crippen LogP contribution in [0.2, 0.25) is 5.02 Å². The zero-order chi connectivity index (χ0) is 20.1. The van der Waals surface area contributed by atoms with E-state index in [0.29, 0.717) is 11.6 Å². The summed E-state index contributed by atoms with van der Waals surface area (Å²) in [6.07, 6.45) is 0.874. The number of hydrogen-bond donors (Lipinski definition) is 0. The minimum Gasteiger partial charge on any atom is -0.385 e. The molecule has 0 unspecified atom stereocenters. The Kier molecular flexibility index (Phi) is 6.99. The topological polar surface area (TPSA) is 52.8 Å². The van der Waals surface area contributed by atoms with Gasteiger partial charge in [0, 0.05) is 37.0 Å². The summed E-state index contributed by atoms with van der Waals surface area (Å²) >= 11 is 11.4. The fraction of sp³-hybridized carbons (Fsp3) is 0.250. The number of thioether (sulfide) groups is 1. The number of methoxy groups -OCH3 is 1. The highest BCUT2D eigenvalue weighted by Crippen LogP contribution is 2.32. The minimum absolute atomic E-state index is 0.671. The first-order valence-electron chi connectivity index (χ1n) is 9.04. The first-order chi connectivity index (χ1) is 14.3. The van der Waals surface area contributed by atoms with Crippen LogP contribution < -0.4 is 0 Å². The van der Waals surface area contributed by atoms with Crippen molar-refractivity contribution < 1.29 is 4.74 Å². The number of thiophene rings is 1. The van der Waals surface area contributed by atoms with Crippen molar-refractivity contribution in [3.8, 4) is 21.3 Å². The van der Waals surface area contributed by atoms with Crippen molar-refractivity contribution >= 4 is 46.0 Å². The molecular formula is C20H19ClN4OS3. The summed E-state index contributed by atoms with van der Waals surface area (Å²) < 4.78 is 7.34. The molecule has 9 heteroatoms. The van der Waals surface area contributed by atoms with Crippen LogP contribution in [-0.4, -0.2) is 33.5 Å². The molecule has 0 fully saturated rings. The number of nitrogens with zero attached hydrogens (tertiary/aromatic N) is 4. The van der Waals surface area contributed by atoms with E-state index >= 15 is 0 Å². The summed E-state index contributed by atoms with van der Waals surface area (Å²) in [5, 5.41) is 15.7. The summed E-state index contributed by atoms with van der Waals surface area (Å²) in [6.45, 7) is 1.45. The molecule has 0 radical (unpaired) electrons. The molecule has 0 saturated heterocycles. The smallest absolute Gasteiger partial charge is 0.191 e. The van der Waals surface area contributed by atoms with Gasteiger partial charge in [-0.15, -0.1) is 32.9 Å². The van der Waals surface area contributed by atoms with Crippen molar-refractivity contribution in [2.45, 2.75) is 23.9 Å². The van der Waals surface area contributed by atoms with Gasteiger partial charge in [0.25, 0.3) is 0 Å². The van der Waals surface area contributed by atoms with Crippen molar-refractivity contribution in [1.29, 1.82) is 0 Å². The normalized spacial score (nSPS) is 11.2. The van der Waals surface area contributed by atoms with Gasteiger partial charge in [0.2, 0.25) is 0 Å². The average Bonchev–Trinajstić information content (AvgIpc) is 3.48. The molecule has 0 spiro atoms. The van der Waals surface area contributed by atoms with E-state index in [0.717, 1.165) is 46.0 Å². The van der Waals surface area contributed by atoms with E-state index in [1.807, 2.05) is 24.3 Å². The molecule has 0 aliphatic rings. The maximum absolute atomic E-state index is 6.41. The number of hydrogen-bond acceptors (Lipinski definition) is 7. The van der Waals surface area contributed by atoms with Crippen LogP contribution in [0.25, 0.3) is 21.3 Å². The Morgan fingerprint density at radius 3 is 2.83 bits per heavy atom. The molecule has 0 bridgehead atoms. The van der Waals surface area contributed by atoms with Crippen LogP contribution in [0.15, 0.2) is 52.3 Å². The summed E-state index contributed by atoms with van der Waals surface area (Å²) in [6, 6.07) is 11.9. The van der Waals surface area contributed by atoms with Gasteiger partial charge in [0.15, 0.2) is 11.0 Å². The van der Waals surface area contributed by atoms with Crippen LogP contribution in [0.3, 0.4) is 0 Å². The van der Waals surface area contributed by atoms with Gasteiger partial charge < -0.3 is 9.30 Å². The molecule has 5 nitrogen and oxygen atoms in total. The Bertz CT molecular complexity index is 1060. The second-order valence-electron chi connectivity index (χ2n) is 6.19. The van der Waals surface area contributed by atoms with Crippen LogP contribution in [0.5, 0.6) is 0 Å². The fourth-order valence-corrected chi connectivity index (χ4v) is 5.65. The first-order valence-corrected chi connectivity index (χ1v) is 12.2. The molecule has 0 N–H and O–H groups in total. The van der Waals surface area contributed by atoms with E-state index in [-0.39, 0.29) is 0 Å². The highest BCUT2D eigenvalue weighted by Gasteiger charge is 2.17. The molecular weight excluding hydrogens is 444 g/mol. The number of halogens is 1. The maximum atomic E-state index is 6.41. The van der Waals surface area contributed by atoms with Gasteiger partial charge in [-0.25, -0.2) is 4.98 Å². The summed E-state index contributed by atoms with van der Waals surface area (Å²) in [5.74, 6) is 1.53. The first kappa shape index (κ1) is 20.6. The van der Waals surface area contributed by atoms with Crippen molar-refractivity contribution in [2.24, 2.45) is 0 Å². The molecule has 0 amide bonds. The van der Waals surface area contributed by atoms with Crippen molar-refractivity contribution in [3.63, 3.8) is 0 Å². The Balaban J connectivity index is 1.54. The molecule has 0 saturated carbocycles. The van der Waals surface area contributed by atoms with Gasteiger partial charge in [-0.1, -0.05) is 41.6 Å². The zero-order valence-corrected chi connectivity index (χ0v) is 19.0. The quantitative estimate of drug-likeness (QED) is 0.222. The summed E-state index contributed by atoms with van der Waals surface area (Å²) in [7, 11) is 1.71. The predicted octanol–water partition coefficient (Wildman–Crippen LogP) is 6.11. The fourth-order valence-electron chi connectivity index (χ4n) is 2.83. The third kappa shape index (κ3) is 4.90. The molecule has 3 heterocycles. The monoisotopic (exact) mass is 462 g/mol. The largest absolute Gasteiger partial charge is 0.385 e. The lowest BCUT2D eigenvalue weighted by atomic mass is 10.2. The van der Waals surface area contributed by atoms with Crippen LogP contribution in [0, 0.1) is 0 Å². The van der Waals surface area contributed by atoms with E-state index in [4.69, 9.17) is 21.3 Å². The van der Waals surface area contributed by atoms with Gasteiger partial charge in [0.1, 0.15) is 5.01 Å². The second-order valence-corrected chi connectivity index (χ2v) is 9.35. The number of thiazole rings is 1. The molecule has 0 aliphatic carbocycles. The maximum Gasteiger partial charge on any atom is 0.191 e. The van der Waals surface area contributed by atoms with Gasteiger partial charge in [0.05, 0.1) is 15.6 Å². The lowest BCUT2D eigenvalue weighted by molar-refractivity contribution is 0.189. The van der Waals surface area contributed by atoms with Gasteiger partial charge in [-0.3, -0.25) is 0 Å². The van der Waals surface area contributed by atoms with Crippen LogP contribution in [0.4, 0.5) is 0 Å². The van der Waals surface area contributed by atoms with Gasteiger partial charge in [-0.05, 0) is 30.0 Å². The lowest BCUT2D eigenvalue weighted by Gasteiger charge is -2.10. The van der Waals surface area contributed by atoms with Crippen molar-refractivity contribution in [3.05, 3.63) is 57.9 Å². The van der Waals surface area contributed by atoms with Gasteiger partial charge in [-0.2, -0.15) is 0 Å². The summed E-state index contributed by atoms with van der Waals surface area (Å²) in [4.78, 5) is 5.97. The number of rotatable bonds is 9. The average molecular weight is 463 g/mol. The third-order valence-electron chi connectivity index (χ3n) is 4.19. The highest BCUT2D eigenvalue weighted by molar-refractivity contribution is 7.98. The molecule has 150 valence electrons. The molecule has 1 aromatic carbocycles. The Labute approximate surface area is 186 Å². The third-order valence-corrected chi connectivity index (χ3v) is 7.45. The zero-order valence-electron chi connectivity index (χ0n) is 15.7. The predicted molar refractivity (Wildman–Crippen MR) is 122 cm³/mol. The Hall–Kier alpha value is -1.71. The molecule has 29 heavy (non-hydrogen) atoms. The van der Waals surface area contributed by atoms with Crippen LogP contribution in [-0.2, 0) is 17.0 Å². The summed E-state index contributed by atoms with van der Waals surface area (Å²) in [5.41, 5.74) is 1.94. The van der Waals surface area contributed by atoms with Crippen molar-refractivity contribution in [2.75, 3.05) is 13.7 Å². The number of benzene rings is 1. The van der Waals surface area contributed by atoms with E-state index in [2.05, 4.69) is 37.7 Å². The van der Waals surface area contributed by atoms with E-state index in [1.54, 1.807) is 41.5 Å². The minimum atomic E-state index is 0.671. The van der Waals surface area contributed by atoms with E-state index in [1.165, 1.54) is 4.88 Å². The SMILES string of the molecule is COCCCn1c(SCc2csc(-c3cccs3)n2)nnc1-c1ccccc1Cl. The number of ether oxygens (including phenoxy) is 1. The Morgan fingerprint density at radius 2 is 2.03 bits per heavy atom. The van der Waals surface area contributed by atoms with Crippen LogP contribution in [0.1, 0.15) is 12.1 Å². The Morgan fingerprint density at radius 1 is 1.14 bits per heavy atom. The van der Waals surface area contributed by atoms with Crippen LogP contribution >= 0.6 is 46.0 Å². The second kappa shape index (κ2) is 9.86. The van der Waals surface area contributed by atoms with Gasteiger partial charge >= 0.3 is 0 Å².